The molecule has 4 heteroatoms. The van der Waals surface area contributed by atoms with Crippen LogP contribution >= 0.6 is 0 Å². The highest BCUT2D eigenvalue weighted by molar-refractivity contribution is 6.29. The molecule has 3 aromatic heterocycles. The Morgan fingerprint density at radius 3 is 1.78 bits per heavy atom. The van der Waals surface area contributed by atoms with Crippen LogP contribution in [-0.4, -0.2) is 9.55 Å². The number of furan rings is 1. The standard InChI is InChI=1S/C55H35N3O/c1-3-14-36(15-4-1)37-26-30-40(31-27-37)57(50-24-13-21-43-42-18-9-12-25-51(42)59-55(43)50)41-32-28-38(29-33-41)54-46-34-35-49-53(52(46)44-19-7-10-22-47(44)56-54)45-20-8-11-23-48(45)58(49)39-16-5-2-6-17-39/h1-35H. The van der Waals surface area contributed by atoms with Crippen LogP contribution in [0.5, 0.6) is 0 Å². The normalized spacial score (nSPS) is 11.7. The van der Waals surface area contributed by atoms with Crippen LogP contribution in [0.3, 0.4) is 0 Å². The lowest BCUT2D eigenvalue weighted by molar-refractivity contribution is 0.669. The van der Waals surface area contributed by atoms with Crippen LogP contribution in [0.25, 0.3) is 93.5 Å². The van der Waals surface area contributed by atoms with Gasteiger partial charge in [-0.25, -0.2) is 4.98 Å². The second-order valence-corrected chi connectivity index (χ2v) is 15.1. The molecule has 12 rings (SSSR count). The van der Waals surface area contributed by atoms with Gasteiger partial charge >= 0.3 is 0 Å². The number of hydrogen-bond acceptors (Lipinski definition) is 3. The molecular formula is C55H35N3O. The molecule has 0 spiro atoms. The van der Waals surface area contributed by atoms with Gasteiger partial charge in [0, 0.05) is 60.3 Å². The van der Waals surface area contributed by atoms with Crippen LogP contribution in [-0.2, 0) is 0 Å². The predicted molar refractivity (Wildman–Crippen MR) is 246 cm³/mol. The first-order chi connectivity index (χ1) is 29.3. The summed E-state index contributed by atoms with van der Waals surface area (Å²) in [5.41, 5.74) is 13.6. The van der Waals surface area contributed by atoms with E-state index < -0.39 is 0 Å². The molecule has 0 N–H and O–H groups in total. The molecule has 0 fully saturated rings. The molecule has 4 nitrogen and oxygen atoms in total. The lowest BCUT2D eigenvalue weighted by atomic mass is 9.96. The molecule has 276 valence electrons. The third-order valence-corrected chi connectivity index (χ3v) is 11.8. The van der Waals surface area contributed by atoms with Crippen molar-refractivity contribution in [3.63, 3.8) is 0 Å². The highest BCUT2D eigenvalue weighted by Gasteiger charge is 2.22. The molecule has 0 bridgehead atoms. The first-order valence-electron chi connectivity index (χ1n) is 20.0. The van der Waals surface area contributed by atoms with Crippen molar-refractivity contribution in [3.05, 3.63) is 212 Å². The summed E-state index contributed by atoms with van der Waals surface area (Å²) < 4.78 is 9.01. The van der Waals surface area contributed by atoms with Gasteiger partial charge in [0.15, 0.2) is 5.58 Å². The van der Waals surface area contributed by atoms with Gasteiger partial charge < -0.3 is 13.9 Å². The number of fused-ring (bicyclic) bond motifs is 10. The molecule has 0 atom stereocenters. The van der Waals surface area contributed by atoms with Crippen LogP contribution in [0, 0.1) is 0 Å². The molecule has 0 aliphatic heterocycles. The molecule has 3 heterocycles. The molecule has 0 amide bonds. The molecule has 9 aromatic carbocycles. The van der Waals surface area contributed by atoms with Gasteiger partial charge in [0.05, 0.1) is 27.9 Å². The maximum atomic E-state index is 6.62. The number of para-hydroxylation sites is 5. The number of aromatic nitrogens is 2. The molecule has 0 aliphatic rings. The molecule has 0 saturated carbocycles. The Hall–Kier alpha value is -7.95. The Kier molecular flexibility index (Phi) is 7.50. The fourth-order valence-corrected chi connectivity index (χ4v) is 9.11. The van der Waals surface area contributed by atoms with Gasteiger partial charge in [0.25, 0.3) is 0 Å². The van der Waals surface area contributed by atoms with Crippen molar-refractivity contribution < 1.29 is 4.42 Å². The van der Waals surface area contributed by atoms with E-state index in [0.29, 0.717) is 0 Å². The summed E-state index contributed by atoms with van der Waals surface area (Å²) in [6.07, 6.45) is 0. The van der Waals surface area contributed by atoms with E-state index in [-0.39, 0.29) is 0 Å². The lowest BCUT2D eigenvalue weighted by Crippen LogP contribution is -2.10. The van der Waals surface area contributed by atoms with Crippen LogP contribution < -0.4 is 4.90 Å². The zero-order valence-corrected chi connectivity index (χ0v) is 32.0. The van der Waals surface area contributed by atoms with Gasteiger partial charge in [-0.2, -0.15) is 0 Å². The van der Waals surface area contributed by atoms with Crippen molar-refractivity contribution in [1.82, 2.24) is 9.55 Å². The fourth-order valence-electron chi connectivity index (χ4n) is 9.11. The molecule has 59 heavy (non-hydrogen) atoms. The second kappa shape index (κ2) is 13.3. The highest BCUT2D eigenvalue weighted by atomic mass is 16.3. The summed E-state index contributed by atoms with van der Waals surface area (Å²) in [7, 11) is 0. The van der Waals surface area contributed by atoms with Crippen LogP contribution in [0.2, 0.25) is 0 Å². The van der Waals surface area contributed by atoms with Gasteiger partial charge in [-0.15, -0.1) is 0 Å². The summed E-state index contributed by atoms with van der Waals surface area (Å²) in [4.78, 5) is 7.69. The Bertz CT molecular complexity index is 3530. The Morgan fingerprint density at radius 2 is 1.00 bits per heavy atom. The largest absolute Gasteiger partial charge is 0.454 e. The summed E-state index contributed by atoms with van der Waals surface area (Å²) in [6, 6.07) is 75.4. The molecule has 0 saturated heterocycles. The SMILES string of the molecule is c1ccc(-c2ccc(N(c3ccc(-c4nc5ccccc5c5c4ccc4c5c5ccccc5n4-c4ccccc4)cc3)c3cccc4c3oc3ccccc34)cc2)cc1. The van der Waals surface area contributed by atoms with Crippen molar-refractivity contribution in [2.75, 3.05) is 4.90 Å². The third kappa shape index (κ3) is 5.27. The first kappa shape index (κ1) is 33.2. The zero-order valence-electron chi connectivity index (χ0n) is 32.0. The minimum Gasteiger partial charge on any atom is -0.454 e. The van der Waals surface area contributed by atoms with Gasteiger partial charge in [-0.1, -0.05) is 146 Å². The van der Waals surface area contributed by atoms with Gasteiger partial charge in [-0.3, -0.25) is 0 Å². The molecular weight excluding hydrogens is 719 g/mol. The maximum absolute atomic E-state index is 6.62. The Morgan fingerprint density at radius 1 is 0.390 bits per heavy atom. The Balaban J connectivity index is 1.05. The minimum absolute atomic E-state index is 0.853. The fraction of sp³-hybridized carbons (Fsp3) is 0. The average molecular weight is 754 g/mol. The van der Waals surface area contributed by atoms with E-state index in [4.69, 9.17) is 9.40 Å². The van der Waals surface area contributed by atoms with Crippen LogP contribution in [0.15, 0.2) is 217 Å². The van der Waals surface area contributed by atoms with Gasteiger partial charge in [-0.05, 0) is 77.9 Å². The van der Waals surface area contributed by atoms with Gasteiger partial charge in [0.1, 0.15) is 5.58 Å². The van der Waals surface area contributed by atoms with Crippen molar-refractivity contribution in [1.29, 1.82) is 0 Å². The monoisotopic (exact) mass is 753 g/mol. The van der Waals surface area contributed by atoms with Crippen LogP contribution in [0.1, 0.15) is 0 Å². The maximum Gasteiger partial charge on any atom is 0.159 e. The molecule has 12 aromatic rings. The lowest BCUT2D eigenvalue weighted by Gasteiger charge is -2.26. The van der Waals surface area contributed by atoms with E-state index >= 15 is 0 Å². The van der Waals surface area contributed by atoms with Crippen molar-refractivity contribution >= 4 is 82.5 Å². The number of hydrogen-bond donors (Lipinski definition) is 0. The van der Waals surface area contributed by atoms with E-state index in [9.17, 15) is 0 Å². The number of benzene rings is 9. The summed E-state index contributed by atoms with van der Waals surface area (Å²) in [6.45, 7) is 0. The summed E-state index contributed by atoms with van der Waals surface area (Å²) in [5, 5.41) is 8.15. The quantitative estimate of drug-likeness (QED) is 0.159. The van der Waals surface area contributed by atoms with Crippen molar-refractivity contribution in [3.8, 4) is 28.1 Å². The van der Waals surface area contributed by atoms with E-state index in [2.05, 4.69) is 210 Å². The molecule has 0 aliphatic carbocycles. The first-order valence-corrected chi connectivity index (χ1v) is 20.0. The van der Waals surface area contributed by atoms with Crippen molar-refractivity contribution in [2.45, 2.75) is 0 Å². The smallest absolute Gasteiger partial charge is 0.159 e. The molecule has 0 unspecified atom stereocenters. The topological polar surface area (TPSA) is 34.2 Å². The van der Waals surface area contributed by atoms with Gasteiger partial charge in [0.2, 0.25) is 0 Å². The minimum atomic E-state index is 0.853. The van der Waals surface area contributed by atoms with E-state index in [0.717, 1.165) is 72.2 Å². The molecule has 0 radical (unpaired) electrons. The second-order valence-electron chi connectivity index (χ2n) is 15.1. The third-order valence-electron chi connectivity index (χ3n) is 11.8. The van der Waals surface area contributed by atoms with Crippen molar-refractivity contribution in [2.24, 2.45) is 0 Å². The number of nitrogens with zero attached hydrogens (tertiary/aromatic N) is 3. The van der Waals surface area contributed by atoms with E-state index in [1.165, 1.54) is 38.3 Å². The predicted octanol–water partition coefficient (Wildman–Crippen LogP) is 15.2. The number of anilines is 3. The number of pyridine rings is 1. The van der Waals surface area contributed by atoms with Crippen LogP contribution in [0.4, 0.5) is 17.1 Å². The Labute approximate surface area is 340 Å². The van der Waals surface area contributed by atoms with E-state index in [1.54, 1.807) is 0 Å². The average Bonchev–Trinajstić information content (AvgIpc) is 3.86. The number of rotatable bonds is 6. The highest BCUT2D eigenvalue weighted by Crippen LogP contribution is 2.45. The summed E-state index contributed by atoms with van der Waals surface area (Å²) >= 11 is 0. The zero-order chi connectivity index (χ0) is 38.9. The summed E-state index contributed by atoms with van der Waals surface area (Å²) in [5.74, 6) is 0. The van der Waals surface area contributed by atoms with E-state index in [1.807, 2.05) is 12.1 Å².